The normalized spacial score (nSPS) is 25.9. The standard InChI is InChI=1S/C16H23F3N2O2/c1-11(22)21-10-13(7-8-14(21)16(17,18)19)20-15(23)9-12-5-3-2-4-6-12/h9,13-14H,2-8,10H2,1H3,(H,20,23). The maximum Gasteiger partial charge on any atom is 0.408 e. The van der Waals surface area contributed by atoms with Crippen molar-refractivity contribution < 1.29 is 22.8 Å². The van der Waals surface area contributed by atoms with Gasteiger partial charge in [-0.1, -0.05) is 12.0 Å². The number of hydrogen-bond acceptors (Lipinski definition) is 2. The Morgan fingerprint density at radius 3 is 2.39 bits per heavy atom. The molecule has 130 valence electrons. The van der Waals surface area contributed by atoms with Gasteiger partial charge in [0.05, 0.1) is 0 Å². The van der Waals surface area contributed by atoms with Crippen LogP contribution < -0.4 is 5.32 Å². The quantitative estimate of drug-likeness (QED) is 0.791. The second-order valence-electron chi connectivity index (χ2n) is 6.37. The predicted octanol–water partition coefficient (Wildman–Crippen LogP) is 2.93. The summed E-state index contributed by atoms with van der Waals surface area (Å²) in [4.78, 5) is 24.3. The van der Waals surface area contributed by atoms with Crippen LogP contribution in [0.15, 0.2) is 11.6 Å². The number of likely N-dealkylation sites (tertiary alicyclic amines) is 1. The van der Waals surface area contributed by atoms with Gasteiger partial charge in [0.25, 0.3) is 0 Å². The fraction of sp³-hybridized carbons (Fsp3) is 0.750. The van der Waals surface area contributed by atoms with Crippen LogP contribution in [0.3, 0.4) is 0 Å². The molecular formula is C16H23F3N2O2. The van der Waals surface area contributed by atoms with Gasteiger partial charge in [-0.3, -0.25) is 9.59 Å². The van der Waals surface area contributed by atoms with Crippen LogP contribution in [-0.2, 0) is 9.59 Å². The van der Waals surface area contributed by atoms with Gasteiger partial charge < -0.3 is 10.2 Å². The number of carbonyl (C=O) groups is 2. The van der Waals surface area contributed by atoms with Gasteiger partial charge in [-0.05, 0) is 38.5 Å². The molecule has 0 aromatic rings. The molecule has 2 unspecified atom stereocenters. The molecule has 1 N–H and O–H groups in total. The number of piperidine rings is 1. The van der Waals surface area contributed by atoms with Crippen molar-refractivity contribution in [3.63, 3.8) is 0 Å². The highest BCUT2D eigenvalue weighted by molar-refractivity contribution is 5.88. The average Bonchev–Trinajstić information content (AvgIpc) is 2.46. The summed E-state index contributed by atoms with van der Waals surface area (Å²) in [6, 6.07) is -2.17. The summed E-state index contributed by atoms with van der Waals surface area (Å²) in [5.74, 6) is -0.877. The van der Waals surface area contributed by atoms with Crippen LogP contribution in [0.4, 0.5) is 13.2 Å². The molecule has 2 rings (SSSR count). The number of rotatable bonds is 2. The molecule has 0 radical (unpaired) electrons. The number of hydrogen-bond donors (Lipinski definition) is 1. The lowest BCUT2D eigenvalue weighted by Crippen LogP contribution is -2.57. The Morgan fingerprint density at radius 1 is 1.17 bits per heavy atom. The molecule has 2 atom stereocenters. The minimum atomic E-state index is -4.43. The number of alkyl halides is 3. The minimum Gasteiger partial charge on any atom is -0.348 e. The van der Waals surface area contributed by atoms with Gasteiger partial charge in [0, 0.05) is 25.6 Å². The summed E-state index contributed by atoms with van der Waals surface area (Å²) in [6.45, 7) is 1.04. The Hall–Kier alpha value is -1.53. The fourth-order valence-corrected chi connectivity index (χ4v) is 3.36. The highest BCUT2D eigenvalue weighted by Crippen LogP contribution is 2.32. The molecule has 2 fully saturated rings. The first-order chi connectivity index (χ1) is 10.8. The highest BCUT2D eigenvalue weighted by atomic mass is 19.4. The molecule has 2 aliphatic rings. The van der Waals surface area contributed by atoms with Crippen molar-refractivity contribution in [2.75, 3.05) is 6.54 Å². The monoisotopic (exact) mass is 332 g/mol. The lowest BCUT2D eigenvalue weighted by Gasteiger charge is -2.40. The molecule has 7 heteroatoms. The van der Waals surface area contributed by atoms with Crippen LogP contribution in [0.1, 0.15) is 51.9 Å². The number of halogens is 3. The smallest absolute Gasteiger partial charge is 0.348 e. The van der Waals surface area contributed by atoms with Gasteiger partial charge in [-0.25, -0.2) is 0 Å². The second-order valence-corrected chi connectivity index (χ2v) is 6.37. The molecule has 0 spiro atoms. The molecule has 0 aromatic heterocycles. The van der Waals surface area contributed by atoms with Gasteiger partial charge in [0.2, 0.25) is 11.8 Å². The average molecular weight is 332 g/mol. The van der Waals surface area contributed by atoms with E-state index >= 15 is 0 Å². The van der Waals surface area contributed by atoms with Gasteiger partial charge in [-0.15, -0.1) is 0 Å². The largest absolute Gasteiger partial charge is 0.408 e. The van der Waals surface area contributed by atoms with E-state index in [1.807, 2.05) is 0 Å². The fourth-order valence-electron chi connectivity index (χ4n) is 3.36. The van der Waals surface area contributed by atoms with Crippen LogP contribution in [0.2, 0.25) is 0 Å². The molecule has 4 nitrogen and oxygen atoms in total. The SMILES string of the molecule is CC(=O)N1CC(NC(=O)C=C2CCCCC2)CCC1C(F)(F)F. The van der Waals surface area contributed by atoms with E-state index < -0.39 is 24.2 Å². The van der Waals surface area contributed by atoms with E-state index in [4.69, 9.17) is 0 Å². The third-order valence-electron chi connectivity index (χ3n) is 4.54. The Kier molecular flexibility index (Phi) is 5.70. The molecule has 2 amide bonds. The Balaban J connectivity index is 1.94. The maximum atomic E-state index is 13.0. The molecule has 1 saturated carbocycles. The topological polar surface area (TPSA) is 49.4 Å². The summed E-state index contributed by atoms with van der Waals surface area (Å²) in [5.41, 5.74) is 1.10. The van der Waals surface area contributed by atoms with Gasteiger partial charge in [0.15, 0.2) is 0 Å². The molecule has 1 aliphatic heterocycles. The van der Waals surface area contributed by atoms with E-state index in [1.54, 1.807) is 6.08 Å². The lowest BCUT2D eigenvalue weighted by atomic mass is 9.94. The Bertz CT molecular complexity index is 480. The van der Waals surface area contributed by atoms with Crippen molar-refractivity contribution in [3.8, 4) is 0 Å². The third-order valence-corrected chi connectivity index (χ3v) is 4.54. The van der Waals surface area contributed by atoms with Crippen molar-refractivity contribution in [3.05, 3.63) is 11.6 Å². The number of allylic oxidation sites excluding steroid dienone is 1. The number of nitrogens with one attached hydrogen (secondary N) is 1. The van der Waals surface area contributed by atoms with Crippen LogP contribution >= 0.6 is 0 Å². The molecule has 1 saturated heterocycles. The van der Waals surface area contributed by atoms with E-state index in [9.17, 15) is 22.8 Å². The van der Waals surface area contributed by atoms with Crippen LogP contribution in [-0.4, -0.2) is 41.5 Å². The van der Waals surface area contributed by atoms with E-state index in [2.05, 4.69) is 5.32 Å². The van der Waals surface area contributed by atoms with Crippen LogP contribution in [0.5, 0.6) is 0 Å². The molecule has 1 aliphatic carbocycles. The molecule has 1 heterocycles. The van der Waals surface area contributed by atoms with Crippen LogP contribution in [0, 0.1) is 0 Å². The zero-order chi connectivity index (χ0) is 17.0. The van der Waals surface area contributed by atoms with E-state index in [0.717, 1.165) is 43.1 Å². The van der Waals surface area contributed by atoms with E-state index in [0.29, 0.717) is 0 Å². The van der Waals surface area contributed by atoms with Gasteiger partial charge >= 0.3 is 6.18 Å². The predicted molar refractivity (Wildman–Crippen MR) is 79.6 cm³/mol. The molecule has 0 aromatic carbocycles. The van der Waals surface area contributed by atoms with Gasteiger partial charge in [-0.2, -0.15) is 13.2 Å². The van der Waals surface area contributed by atoms with Crippen molar-refractivity contribution in [2.24, 2.45) is 0 Å². The van der Waals surface area contributed by atoms with Crippen molar-refractivity contribution in [2.45, 2.75) is 70.1 Å². The summed E-state index contributed by atoms with van der Waals surface area (Å²) in [7, 11) is 0. The molecule has 0 bridgehead atoms. The Morgan fingerprint density at radius 2 is 1.83 bits per heavy atom. The number of amides is 2. The van der Waals surface area contributed by atoms with Crippen molar-refractivity contribution in [1.29, 1.82) is 0 Å². The zero-order valence-corrected chi connectivity index (χ0v) is 13.3. The van der Waals surface area contributed by atoms with Crippen LogP contribution in [0.25, 0.3) is 0 Å². The number of carbonyl (C=O) groups excluding carboxylic acids is 2. The third kappa shape index (κ3) is 4.97. The van der Waals surface area contributed by atoms with E-state index in [1.165, 1.54) is 6.42 Å². The lowest BCUT2D eigenvalue weighted by molar-refractivity contribution is -0.196. The Labute approximate surface area is 134 Å². The number of nitrogens with zero attached hydrogens (tertiary/aromatic N) is 1. The first-order valence-corrected chi connectivity index (χ1v) is 8.11. The summed E-state index contributed by atoms with van der Waals surface area (Å²) in [6.07, 6.45) is 2.35. The van der Waals surface area contributed by atoms with E-state index in [-0.39, 0.29) is 25.3 Å². The molecular weight excluding hydrogens is 309 g/mol. The first kappa shape index (κ1) is 17.8. The summed E-state index contributed by atoms with van der Waals surface area (Å²) in [5, 5.41) is 2.75. The van der Waals surface area contributed by atoms with Crippen molar-refractivity contribution >= 4 is 11.8 Å². The summed E-state index contributed by atoms with van der Waals surface area (Å²) < 4.78 is 38.9. The second kappa shape index (κ2) is 7.36. The summed E-state index contributed by atoms with van der Waals surface area (Å²) >= 11 is 0. The molecule has 23 heavy (non-hydrogen) atoms. The van der Waals surface area contributed by atoms with Gasteiger partial charge in [0.1, 0.15) is 6.04 Å². The highest BCUT2D eigenvalue weighted by Gasteiger charge is 2.47. The minimum absolute atomic E-state index is 0.0889. The first-order valence-electron chi connectivity index (χ1n) is 8.11. The van der Waals surface area contributed by atoms with Crippen molar-refractivity contribution in [1.82, 2.24) is 10.2 Å². The zero-order valence-electron chi connectivity index (χ0n) is 13.3. The maximum absolute atomic E-state index is 13.0.